The molecule has 2 rings (SSSR count). The molecule has 0 heterocycles. The first-order valence-corrected chi connectivity index (χ1v) is 6.88. The van der Waals surface area contributed by atoms with Crippen molar-refractivity contribution in [1.29, 1.82) is 0 Å². The van der Waals surface area contributed by atoms with E-state index in [1.54, 1.807) is 19.2 Å². The summed E-state index contributed by atoms with van der Waals surface area (Å²) in [5.74, 6) is 0.705. The average molecular weight is 284 g/mol. The van der Waals surface area contributed by atoms with Gasteiger partial charge in [0.25, 0.3) is 5.91 Å². The van der Waals surface area contributed by atoms with Crippen LogP contribution in [0, 0.1) is 0 Å². The monoisotopic (exact) mass is 284 g/mol. The molecule has 0 aliphatic heterocycles. The van der Waals surface area contributed by atoms with E-state index in [9.17, 15) is 4.79 Å². The first kappa shape index (κ1) is 15.1. The molecular weight excluding hydrogens is 264 g/mol. The van der Waals surface area contributed by atoms with E-state index in [2.05, 4.69) is 5.32 Å². The maximum Gasteiger partial charge on any atom is 0.251 e. The fourth-order valence-electron chi connectivity index (χ4n) is 2.05. The van der Waals surface area contributed by atoms with Gasteiger partial charge in [-0.15, -0.1) is 0 Å². The number of hydrogen-bond acceptors (Lipinski definition) is 3. The third-order valence-electron chi connectivity index (χ3n) is 3.42. The number of ether oxygens (including phenoxy) is 1. The number of benzene rings is 2. The zero-order valence-corrected chi connectivity index (χ0v) is 12.3. The van der Waals surface area contributed by atoms with Crippen molar-refractivity contribution in [2.75, 3.05) is 7.11 Å². The van der Waals surface area contributed by atoms with Crippen molar-refractivity contribution in [3.63, 3.8) is 0 Å². The molecule has 1 amide bonds. The highest BCUT2D eigenvalue weighted by Crippen LogP contribution is 2.17. The molecule has 0 aromatic heterocycles. The SMILES string of the molecule is COc1ccc([C@@H](C)NC(=O)c2ccc(CN)cc2)cc1. The van der Waals surface area contributed by atoms with Crippen LogP contribution in [0.3, 0.4) is 0 Å². The number of rotatable bonds is 5. The van der Waals surface area contributed by atoms with Crippen molar-refractivity contribution >= 4 is 5.91 Å². The predicted molar refractivity (Wildman–Crippen MR) is 83.2 cm³/mol. The molecule has 0 aliphatic rings. The Morgan fingerprint density at radius 3 is 2.29 bits per heavy atom. The molecule has 3 N–H and O–H groups in total. The van der Waals surface area contributed by atoms with Gasteiger partial charge in [0.05, 0.1) is 13.2 Å². The van der Waals surface area contributed by atoms with Crippen LogP contribution in [-0.2, 0) is 6.54 Å². The van der Waals surface area contributed by atoms with Crippen molar-refractivity contribution in [2.45, 2.75) is 19.5 Å². The van der Waals surface area contributed by atoms with Gasteiger partial charge in [0.15, 0.2) is 0 Å². The zero-order valence-electron chi connectivity index (χ0n) is 12.3. The summed E-state index contributed by atoms with van der Waals surface area (Å²) in [7, 11) is 1.63. The van der Waals surface area contributed by atoms with E-state index in [4.69, 9.17) is 10.5 Å². The third-order valence-corrected chi connectivity index (χ3v) is 3.42. The Balaban J connectivity index is 2.03. The Morgan fingerprint density at radius 1 is 1.14 bits per heavy atom. The van der Waals surface area contributed by atoms with Crippen LogP contribution in [0.25, 0.3) is 0 Å². The summed E-state index contributed by atoms with van der Waals surface area (Å²) < 4.78 is 5.12. The molecular formula is C17H20N2O2. The normalized spacial score (nSPS) is 11.8. The Labute approximate surface area is 124 Å². The average Bonchev–Trinajstić information content (AvgIpc) is 2.55. The van der Waals surface area contributed by atoms with Gasteiger partial charge < -0.3 is 15.8 Å². The number of methoxy groups -OCH3 is 1. The van der Waals surface area contributed by atoms with E-state index in [0.717, 1.165) is 16.9 Å². The minimum absolute atomic E-state index is 0.0717. The molecule has 0 fully saturated rings. The standard InChI is InChI=1S/C17H20N2O2/c1-12(14-7-9-16(21-2)10-8-14)19-17(20)15-5-3-13(11-18)4-6-15/h3-10,12H,11,18H2,1-2H3,(H,19,20)/t12-/m1/s1. The molecule has 0 aliphatic carbocycles. The summed E-state index contributed by atoms with van der Waals surface area (Å²) in [6.45, 7) is 2.43. The molecule has 0 unspecified atom stereocenters. The fourth-order valence-corrected chi connectivity index (χ4v) is 2.05. The molecule has 0 saturated heterocycles. The lowest BCUT2D eigenvalue weighted by molar-refractivity contribution is 0.0940. The van der Waals surface area contributed by atoms with Gasteiger partial charge in [-0.3, -0.25) is 4.79 Å². The van der Waals surface area contributed by atoms with Crippen molar-refractivity contribution in [1.82, 2.24) is 5.32 Å². The number of amides is 1. The number of nitrogens with one attached hydrogen (secondary N) is 1. The Kier molecular flexibility index (Phi) is 4.95. The maximum absolute atomic E-state index is 12.2. The largest absolute Gasteiger partial charge is 0.497 e. The van der Waals surface area contributed by atoms with E-state index < -0.39 is 0 Å². The molecule has 4 heteroatoms. The lowest BCUT2D eigenvalue weighted by Gasteiger charge is -2.15. The minimum atomic E-state index is -0.0955. The van der Waals surface area contributed by atoms with Gasteiger partial charge in [0.2, 0.25) is 0 Å². The van der Waals surface area contributed by atoms with E-state index >= 15 is 0 Å². The summed E-state index contributed by atoms with van der Waals surface area (Å²) in [5, 5.41) is 2.98. The van der Waals surface area contributed by atoms with Gasteiger partial charge in [0.1, 0.15) is 5.75 Å². The fraction of sp³-hybridized carbons (Fsp3) is 0.235. The van der Waals surface area contributed by atoms with Crippen LogP contribution in [0.5, 0.6) is 5.75 Å². The summed E-state index contributed by atoms with van der Waals surface area (Å²) >= 11 is 0. The maximum atomic E-state index is 12.2. The highest BCUT2D eigenvalue weighted by atomic mass is 16.5. The minimum Gasteiger partial charge on any atom is -0.497 e. The summed E-state index contributed by atoms with van der Waals surface area (Å²) in [6.07, 6.45) is 0. The van der Waals surface area contributed by atoms with Crippen LogP contribution in [0.2, 0.25) is 0 Å². The predicted octanol–water partition coefficient (Wildman–Crippen LogP) is 2.64. The molecule has 0 spiro atoms. The van der Waals surface area contributed by atoms with Crippen LogP contribution >= 0.6 is 0 Å². The second-order valence-electron chi connectivity index (χ2n) is 4.87. The smallest absolute Gasteiger partial charge is 0.251 e. The summed E-state index contributed by atoms with van der Waals surface area (Å²) in [5.41, 5.74) is 8.22. The van der Waals surface area contributed by atoms with Gasteiger partial charge in [-0.2, -0.15) is 0 Å². The van der Waals surface area contributed by atoms with E-state index in [1.165, 1.54) is 0 Å². The zero-order chi connectivity index (χ0) is 15.2. The quantitative estimate of drug-likeness (QED) is 0.887. The van der Waals surface area contributed by atoms with E-state index in [1.807, 2.05) is 43.3 Å². The van der Waals surface area contributed by atoms with Gasteiger partial charge in [-0.1, -0.05) is 24.3 Å². The van der Waals surface area contributed by atoms with Crippen molar-refractivity contribution in [2.24, 2.45) is 5.73 Å². The first-order chi connectivity index (χ1) is 10.1. The molecule has 0 radical (unpaired) electrons. The van der Waals surface area contributed by atoms with Crippen LogP contribution < -0.4 is 15.8 Å². The third kappa shape index (κ3) is 3.83. The second-order valence-corrected chi connectivity index (χ2v) is 4.87. The molecule has 21 heavy (non-hydrogen) atoms. The Hall–Kier alpha value is -2.33. The summed E-state index contributed by atoms with van der Waals surface area (Å²) in [4.78, 5) is 12.2. The first-order valence-electron chi connectivity index (χ1n) is 6.88. The molecule has 0 saturated carbocycles. The number of carbonyl (C=O) groups is 1. The van der Waals surface area contributed by atoms with Gasteiger partial charge in [0, 0.05) is 12.1 Å². The molecule has 2 aromatic carbocycles. The van der Waals surface area contributed by atoms with Crippen molar-refractivity contribution in [3.8, 4) is 5.75 Å². The molecule has 2 aromatic rings. The molecule has 110 valence electrons. The molecule has 4 nitrogen and oxygen atoms in total. The van der Waals surface area contributed by atoms with Crippen LogP contribution in [-0.4, -0.2) is 13.0 Å². The van der Waals surface area contributed by atoms with Crippen LogP contribution in [0.1, 0.15) is 34.5 Å². The van der Waals surface area contributed by atoms with Gasteiger partial charge in [-0.25, -0.2) is 0 Å². The highest BCUT2D eigenvalue weighted by molar-refractivity contribution is 5.94. The number of nitrogens with two attached hydrogens (primary N) is 1. The number of hydrogen-bond donors (Lipinski definition) is 2. The van der Waals surface area contributed by atoms with Gasteiger partial charge in [-0.05, 0) is 42.3 Å². The Bertz CT molecular complexity index is 591. The van der Waals surface area contributed by atoms with Crippen LogP contribution in [0.15, 0.2) is 48.5 Å². The molecule has 0 bridgehead atoms. The van der Waals surface area contributed by atoms with Crippen LogP contribution in [0.4, 0.5) is 0 Å². The van der Waals surface area contributed by atoms with Crippen molar-refractivity contribution < 1.29 is 9.53 Å². The van der Waals surface area contributed by atoms with E-state index in [-0.39, 0.29) is 11.9 Å². The van der Waals surface area contributed by atoms with E-state index in [0.29, 0.717) is 12.1 Å². The second kappa shape index (κ2) is 6.90. The lowest BCUT2D eigenvalue weighted by atomic mass is 10.1. The number of carbonyl (C=O) groups excluding carboxylic acids is 1. The lowest BCUT2D eigenvalue weighted by Crippen LogP contribution is -2.26. The molecule has 1 atom stereocenters. The van der Waals surface area contributed by atoms with Gasteiger partial charge >= 0.3 is 0 Å². The topological polar surface area (TPSA) is 64.3 Å². The highest BCUT2D eigenvalue weighted by Gasteiger charge is 2.11. The summed E-state index contributed by atoms with van der Waals surface area (Å²) in [6, 6.07) is 14.9. The van der Waals surface area contributed by atoms with Crippen molar-refractivity contribution in [3.05, 3.63) is 65.2 Å². The Morgan fingerprint density at radius 2 is 1.76 bits per heavy atom.